The van der Waals surface area contributed by atoms with Crippen LogP contribution in [0.25, 0.3) is 0 Å². The van der Waals surface area contributed by atoms with Gasteiger partial charge in [-0.2, -0.15) is 5.10 Å². The van der Waals surface area contributed by atoms with Gasteiger partial charge in [0.25, 0.3) is 5.56 Å². The summed E-state index contributed by atoms with van der Waals surface area (Å²) in [5, 5.41) is 7.01. The van der Waals surface area contributed by atoms with Crippen LogP contribution < -0.4 is 10.9 Å². The zero-order valence-electron chi connectivity index (χ0n) is 8.67. The van der Waals surface area contributed by atoms with Crippen molar-refractivity contribution in [2.45, 2.75) is 20.4 Å². The molecule has 1 N–H and O–H groups in total. The highest BCUT2D eigenvalue weighted by atomic mass is 79.9. The number of rotatable bonds is 3. The number of halogens is 1. The van der Waals surface area contributed by atoms with E-state index in [4.69, 9.17) is 0 Å². The van der Waals surface area contributed by atoms with E-state index in [0.29, 0.717) is 23.2 Å². The van der Waals surface area contributed by atoms with Crippen molar-refractivity contribution in [1.82, 2.24) is 9.78 Å². The molecule has 0 bridgehead atoms. The first kappa shape index (κ1) is 11.8. The topological polar surface area (TPSA) is 46.9 Å². The quantitative estimate of drug-likeness (QED) is 0.846. The molecule has 1 rings (SSSR count). The Morgan fingerprint density at radius 3 is 3.00 bits per heavy atom. The van der Waals surface area contributed by atoms with E-state index in [1.54, 1.807) is 13.1 Å². The van der Waals surface area contributed by atoms with E-state index in [-0.39, 0.29) is 5.56 Å². The molecule has 1 heterocycles. The average Bonchev–Trinajstić information content (AvgIpc) is 2.25. The first-order valence-corrected chi connectivity index (χ1v) is 5.39. The molecule has 80 valence electrons. The van der Waals surface area contributed by atoms with Crippen LogP contribution in [0.15, 0.2) is 15.5 Å². The van der Waals surface area contributed by atoms with Gasteiger partial charge in [0.05, 0.1) is 18.4 Å². The summed E-state index contributed by atoms with van der Waals surface area (Å²) in [4.78, 5) is 11.6. The van der Waals surface area contributed by atoms with Crippen molar-refractivity contribution in [1.29, 1.82) is 0 Å². The molecule has 15 heavy (non-hydrogen) atoms. The van der Waals surface area contributed by atoms with Crippen LogP contribution in [0.3, 0.4) is 0 Å². The Morgan fingerprint density at radius 2 is 2.40 bits per heavy atom. The minimum Gasteiger partial charge on any atom is -0.372 e. The second kappa shape index (κ2) is 5.56. The Morgan fingerprint density at radius 1 is 1.67 bits per heavy atom. The largest absolute Gasteiger partial charge is 0.372 e. The normalized spacial score (nSPS) is 9.27. The van der Waals surface area contributed by atoms with Gasteiger partial charge in [0.1, 0.15) is 4.47 Å². The van der Waals surface area contributed by atoms with Crippen LogP contribution in [-0.4, -0.2) is 16.3 Å². The molecule has 1 aromatic rings. The van der Waals surface area contributed by atoms with Gasteiger partial charge in [0.2, 0.25) is 0 Å². The van der Waals surface area contributed by atoms with Crippen LogP contribution in [0.4, 0.5) is 5.69 Å². The first-order chi connectivity index (χ1) is 7.20. The van der Waals surface area contributed by atoms with Crippen molar-refractivity contribution in [3.05, 3.63) is 21.0 Å². The monoisotopic (exact) mass is 269 g/mol. The molecule has 0 radical (unpaired) electrons. The molecule has 0 aliphatic carbocycles. The van der Waals surface area contributed by atoms with E-state index in [9.17, 15) is 4.79 Å². The van der Waals surface area contributed by atoms with E-state index in [2.05, 4.69) is 38.2 Å². The molecule has 0 unspecified atom stereocenters. The van der Waals surface area contributed by atoms with Crippen LogP contribution in [0.2, 0.25) is 0 Å². The lowest BCUT2D eigenvalue weighted by molar-refractivity contribution is 0.613. The lowest BCUT2D eigenvalue weighted by atomic mass is 10.4. The maximum Gasteiger partial charge on any atom is 0.283 e. The van der Waals surface area contributed by atoms with Crippen molar-refractivity contribution in [3.63, 3.8) is 0 Å². The smallest absolute Gasteiger partial charge is 0.283 e. The number of anilines is 1. The zero-order chi connectivity index (χ0) is 11.3. The number of hydrogen-bond donors (Lipinski definition) is 1. The SMILES string of the molecule is CC#CCNc1cnn(CC)c(=O)c1Br. The van der Waals surface area contributed by atoms with E-state index >= 15 is 0 Å². The van der Waals surface area contributed by atoms with Gasteiger partial charge in [0, 0.05) is 6.54 Å². The first-order valence-electron chi connectivity index (χ1n) is 4.59. The maximum atomic E-state index is 11.6. The van der Waals surface area contributed by atoms with Crippen LogP contribution in [0.5, 0.6) is 0 Å². The molecule has 1 aromatic heterocycles. The number of nitrogens with zero attached hydrogens (tertiary/aromatic N) is 2. The summed E-state index contributed by atoms with van der Waals surface area (Å²) < 4.78 is 1.89. The molecule has 0 aliphatic rings. The fourth-order valence-electron chi connectivity index (χ4n) is 1.04. The Hall–Kier alpha value is -1.28. The molecule has 0 atom stereocenters. The lowest BCUT2D eigenvalue weighted by Crippen LogP contribution is -2.23. The van der Waals surface area contributed by atoms with Crippen molar-refractivity contribution >= 4 is 21.6 Å². The Bertz CT molecular complexity index is 456. The Kier molecular flexibility index (Phi) is 4.37. The summed E-state index contributed by atoms with van der Waals surface area (Å²) in [5.74, 6) is 5.62. The molecule has 0 saturated carbocycles. The molecule has 0 aliphatic heterocycles. The van der Waals surface area contributed by atoms with E-state index in [1.807, 2.05) is 6.92 Å². The summed E-state index contributed by atoms with van der Waals surface area (Å²) >= 11 is 3.24. The molecule has 5 heteroatoms. The zero-order valence-corrected chi connectivity index (χ0v) is 10.3. The van der Waals surface area contributed by atoms with Crippen molar-refractivity contribution in [3.8, 4) is 11.8 Å². The minimum absolute atomic E-state index is 0.132. The van der Waals surface area contributed by atoms with Crippen LogP contribution >= 0.6 is 15.9 Å². The fourth-order valence-corrected chi connectivity index (χ4v) is 1.49. The lowest BCUT2D eigenvalue weighted by Gasteiger charge is -2.06. The summed E-state index contributed by atoms with van der Waals surface area (Å²) in [6.45, 7) is 4.71. The number of aryl methyl sites for hydroxylation is 1. The van der Waals surface area contributed by atoms with Crippen molar-refractivity contribution in [2.75, 3.05) is 11.9 Å². The molecule has 0 amide bonds. The predicted molar refractivity (Wildman–Crippen MR) is 63.8 cm³/mol. The third-order valence-electron chi connectivity index (χ3n) is 1.83. The molecule has 0 spiro atoms. The van der Waals surface area contributed by atoms with Gasteiger partial charge < -0.3 is 5.32 Å². The van der Waals surface area contributed by atoms with Crippen LogP contribution in [0.1, 0.15) is 13.8 Å². The van der Waals surface area contributed by atoms with Gasteiger partial charge in [0.15, 0.2) is 0 Å². The number of hydrogen-bond acceptors (Lipinski definition) is 3. The summed E-state index contributed by atoms with van der Waals surface area (Å²) in [6, 6.07) is 0. The highest BCUT2D eigenvalue weighted by Crippen LogP contribution is 2.15. The molecule has 4 nitrogen and oxygen atoms in total. The molecular formula is C10H12BrN3O. The van der Waals surface area contributed by atoms with Crippen LogP contribution in [0, 0.1) is 11.8 Å². The standard InChI is InChI=1S/C10H12BrN3O/c1-3-5-6-12-8-7-13-14(4-2)10(15)9(8)11/h7,12H,4,6H2,1-2H3. The third kappa shape index (κ3) is 2.83. The van der Waals surface area contributed by atoms with Crippen LogP contribution in [-0.2, 0) is 6.54 Å². The van der Waals surface area contributed by atoms with Gasteiger partial charge in [-0.3, -0.25) is 4.79 Å². The van der Waals surface area contributed by atoms with Crippen molar-refractivity contribution in [2.24, 2.45) is 0 Å². The second-order valence-electron chi connectivity index (χ2n) is 2.77. The summed E-state index contributed by atoms with van der Waals surface area (Å²) in [7, 11) is 0. The Labute approximate surface area is 96.8 Å². The van der Waals surface area contributed by atoms with E-state index in [0.717, 1.165) is 0 Å². The highest BCUT2D eigenvalue weighted by Gasteiger charge is 2.06. The Balaban J connectivity index is 2.95. The van der Waals surface area contributed by atoms with Gasteiger partial charge in [-0.1, -0.05) is 5.92 Å². The van der Waals surface area contributed by atoms with Gasteiger partial charge in [-0.05, 0) is 29.8 Å². The van der Waals surface area contributed by atoms with Gasteiger partial charge in [-0.15, -0.1) is 5.92 Å². The van der Waals surface area contributed by atoms with E-state index in [1.165, 1.54) is 4.68 Å². The average molecular weight is 270 g/mol. The predicted octanol–water partition coefficient (Wildman–Crippen LogP) is 1.46. The van der Waals surface area contributed by atoms with Crippen molar-refractivity contribution < 1.29 is 0 Å². The molecule has 0 saturated heterocycles. The molecule has 0 fully saturated rings. The second-order valence-corrected chi connectivity index (χ2v) is 3.57. The number of aromatic nitrogens is 2. The number of nitrogens with one attached hydrogen (secondary N) is 1. The third-order valence-corrected chi connectivity index (χ3v) is 2.59. The van der Waals surface area contributed by atoms with E-state index < -0.39 is 0 Å². The highest BCUT2D eigenvalue weighted by molar-refractivity contribution is 9.10. The summed E-state index contributed by atoms with van der Waals surface area (Å²) in [5.41, 5.74) is 0.541. The van der Waals surface area contributed by atoms with Gasteiger partial charge in [-0.25, -0.2) is 4.68 Å². The van der Waals surface area contributed by atoms with Gasteiger partial charge >= 0.3 is 0 Å². The summed E-state index contributed by atoms with van der Waals surface area (Å²) in [6.07, 6.45) is 1.62. The fraction of sp³-hybridized carbons (Fsp3) is 0.400. The maximum absolute atomic E-state index is 11.6. The molecular weight excluding hydrogens is 258 g/mol. The minimum atomic E-state index is -0.132. The molecule has 0 aromatic carbocycles.